The predicted molar refractivity (Wildman–Crippen MR) is 48.0 cm³/mol. The third-order valence-electron chi connectivity index (χ3n) is 2.72. The molecule has 0 amide bonds. The summed E-state index contributed by atoms with van der Waals surface area (Å²) in [6, 6.07) is 0. The first-order valence-corrected chi connectivity index (χ1v) is 4.54. The Morgan fingerprint density at radius 3 is 1.62 bits per heavy atom. The van der Waals surface area contributed by atoms with E-state index in [2.05, 4.69) is 27.7 Å². The van der Waals surface area contributed by atoms with Crippen LogP contribution in [0.4, 0.5) is 0 Å². The summed E-state index contributed by atoms with van der Waals surface area (Å²) in [5.41, 5.74) is 5.67. The number of hydroxylamine groups is 2. The SMILES string of the molecule is CC1(C)CCCC(C)(C)N1O.N#[O+]. The molecular weight excluding hydrogens is 168 g/mol. The fourth-order valence-electron chi connectivity index (χ4n) is 1.98. The Hall–Kier alpha value is -0.410. The van der Waals surface area contributed by atoms with E-state index >= 15 is 0 Å². The number of nitrogens with zero attached hydrogens (tertiary/aromatic N) is 2. The van der Waals surface area contributed by atoms with Gasteiger partial charge in [0.2, 0.25) is 0 Å². The molecule has 1 aliphatic heterocycles. The maximum absolute atomic E-state index is 9.80. The molecule has 0 saturated carbocycles. The first-order valence-electron chi connectivity index (χ1n) is 4.54. The van der Waals surface area contributed by atoms with Gasteiger partial charge >= 0.3 is 10.2 Å². The van der Waals surface area contributed by atoms with Gasteiger partial charge in [-0.05, 0) is 47.0 Å². The van der Waals surface area contributed by atoms with Crippen LogP contribution in [0.5, 0.6) is 0 Å². The van der Waals surface area contributed by atoms with Gasteiger partial charge in [-0.1, -0.05) is 0 Å². The van der Waals surface area contributed by atoms with Gasteiger partial charge in [0.05, 0.1) is 0 Å². The van der Waals surface area contributed by atoms with Crippen molar-refractivity contribution in [3.63, 3.8) is 0 Å². The van der Waals surface area contributed by atoms with E-state index in [1.54, 1.807) is 0 Å². The fourth-order valence-corrected chi connectivity index (χ4v) is 1.98. The van der Waals surface area contributed by atoms with E-state index < -0.39 is 0 Å². The molecule has 0 atom stereocenters. The van der Waals surface area contributed by atoms with Crippen molar-refractivity contribution in [1.82, 2.24) is 5.06 Å². The van der Waals surface area contributed by atoms with Crippen molar-refractivity contribution in [1.29, 1.82) is 5.46 Å². The molecule has 0 unspecified atom stereocenters. The Kier molecular flexibility index (Phi) is 4.07. The van der Waals surface area contributed by atoms with Crippen molar-refractivity contribution in [2.24, 2.45) is 0 Å². The zero-order valence-electron chi connectivity index (χ0n) is 8.87. The standard InChI is InChI=1S/C9H19NO.NO/c1-8(2)6-5-7-9(3,4)10(8)11;1-2/h11H,5-7H2,1-4H3;/q;+1. The summed E-state index contributed by atoms with van der Waals surface area (Å²) in [6.45, 7) is 8.36. The molecule has 4 heteroatoms. The molecule has 76 valence electrons. The van der Waals surface area contributed by atoms with E-state index in [1.807, 2.05) is 0 Å². The van der Waals surface area contributed by atoms with Crippen molar-refractivity contribution in [2.75, 3.05) is 0 Å². The molecule has 0 spiro atoms. The minimum absolute atomic E-state index is 0.0399. The van der Waals surface area contributed by atoms with E-state index in [0.29, 0.717) is 0 Å². The van der Waals surface area contributed by atoms with E-state index in [4.69, 9.17) is 10.2 Å². The Morgan fingerprint density at radius 2 is 1.38 bits per heavy atom. The van der Waals surface area contributed by atoms with E-state index in [9.17, 15) is 5.21 Å². The van der Waals surface area contributed by atoms with Gasteiger partial charge in [-0.2, -0.15) is 5.06 Å². The molecule has 0 aromatic carbocycles. The van der Waals surface area contributed by atoms with Gasteiger partial charge in [-0.25, -0.2) is 0 Å². The van der Waals surface area contributed by atoms with Crippen molar-refractivity contribution >= 4 is 0 Å². The van der Waals surface area contributed by atoms with Crippen molar-refractivity contribution in [3.8, 4) is 0 Å². The molecule has 1 aliphatic rings. The zero-order valence-corrected chi connectivity index (χ0v) is 8.87. The summed E-state index contributed by atoms with van der Waals surface area (Å²) in [5.74, 6) is 0. The monoisotopic (exact) mass is 187 g/mol. The zero-order chi connectivity index (χ0) is 10.7. The van der Waals surface area contributed by atoms with E-state index in [1.165, 1.54) is 11.5 Å². The first-order chi connectivity index (χ1) is 5.86. The third kappa shape index (κ3) is 2.78. The Bertz CT molecular complexity index is 171. The molecule has 1 heterocycles. The van der Waals surface area contributed by atoms with Gasteiger partial charge in [0.25, 0.3) is 0 Å². The topological polar surface area (TPSA) is 67.2 Å². The first kappa shape index (κ1) is 12.6. The molecule has 13 heavy (non-hydrogen) atoms. The van der Waals surface area contributed by atoms with Gasteiger partial charge < -0.3 is 5.21 Å². The summed E-state index contributed by atoms with van der Waals surface area (Å²) in [4.78, 5) is 0. The molecule has 0 aromatic rings. The second kappa shape index (κ2) is 4.20. The summed E-state index contributed by atoms with van der Waals surface area (Å²) in [6.07, 6.45) is 3.40. The third-order valence-corrected chi connectivity index (χ3v) is 2.72. The van der Waals surface area contributed by atoms with Crippen LogP contribution in [0.2, 0.25) is 0 Å². The molecule has 0 aliphatic carbocycles. The summed E-state index contributed by atoms with van der Waals surface area (Å²) in [7, 11) is 0. The van der Waals surface area contributed by atoms with Gasteiger partial charge in [-0.15, -0.1) is 0 Å². The van der Waals surface area contributed by atoms with Gasteiger partial charge in [0, 0.05) is 11.1 Å². The quantitative estimate of drug-likeness (QED) is 0.592. The molecule has 1 rings (SSSR count). The van der Waals surface area contributed by atoms with Crippen LogP contribution in [-0.4, -0.2) is 21.3 Å². The summed E-state index contributed by atoms with van der Waals surface area (Å²) >= 11 is 0. The normalized spacial score (nSPS) is 25.8. The van der Waals surface area contributed by atoms with E-state index in [0.717, 1.165) is 12.8 Å². The molecule has 1 fully saturated rings. The molecule has 0 aromatic heterocycles. The molecule has 0 radical (unpaired) electrons. The summed E-state index contributed by atoms with van der Waals surface area (Å²) in [5, 5.41) is 11.3. The van der Waals surface area contributed by atoms with Crippen LogP contribution in [-0.2, 0) is 4.77 Å². The van der Waals surface area contributed by atoms with Gasteiger partial charge in [0.15, 0.2) is 0 Å². The van der Waals surface area contributed by atoms with Crippen LogP contribution in [0.3, 0.4) is 0 Å². The second-order valence-electron chi connectivity index (χ2n) is 4.79. The average molecular weight is 187 g/mol. The number of hydrogen-bond acceptors (Lipinski definition) is 3. The van der Waals surface area contributed by atoms with Crippen LogP contribution < -0.4 is 0 Å². The van der Waals surface area contributed by atoms with Crippen LogP contribution in [0.15, 0.2) is 0 Å². The minimum atomic E-state index is -0.0399. The Balaban J connectivity index is 0.000000671. The van der Waals surface area contributed by atoms with Crippen LogP contribution in [0.1, 0.15) is 47.0 Å². The Labute approximate surface area is 79.4 Å². The van der Waals surface area contributed by atoms with Crippen molar-refractivity contribution < 1.29 is 9.98 Å². The second-order valence-corrected chi connectivity index (χ2v) is 4.79. The van der Waals surface area contributed by atoms with Crippen molar-refractivity contribution in [3.05, 3.63) is 0 Å². The predicted octanol–water partition coefficient (Wildman–Crippen LogP) is 2.31. The van der Waals surface area contributed by atoms with Crippen LogP contribution in [0.25, 0.3) is 0 Å². The fraction of sp³-hybridized carbons (Fsp3) is 1.00. The molecular formula is C9H19N2O2+. The molecule has 1 saturated heterocycles. The average Bonchev–Trinajstić information content (AvgIpc) is 2.04. The molecule has 4 nitrogen and oxygen atoms in total. The van der Waals surface area contributed by atoms with Gasteiger partial charge in [0.1, 0.15) is 0 Å². The summed E-state index contributed by atoms with van der Waals surface area (Å²) < 4.78 is 7.25. The van der Waals surface area contributed by atoms with Crippen LogP contribution in [0, 0.1) is 5.46 Å². The van der Waals surface area contributed by atoms with E-state index in [-0.39, 0.29) is 11.1 Å². The number of rotatable bonds is 0. The molecule has 1 N–H and O–H groups in total. The van der Waals surface area contributed by atoms with Gasteiger partial charge in [-0.3, -0.25) is 0 Å². The Morgan fingerprint density at radius 1 is 1.08 bits per heavy atom. The number of hydrogen-bond donors (Lipinski definition) is 1. The maximum atomic E-state index is 9.80. The number of piperidine rings is 1. The van der Waals surface area contributed by atoms with Crippen molar-refractivity contribution in [2.45, 2.75) is 58.0 Å². The molecule has 0 bridgehead atoms. The van der Waals surface area contributed by atoms with Crippen LogP contribution >= 0.6 is 0 Å².